The zero-order chi connectivity index (χ0) is 14.7. The molecule has 2 atom stereocenters. The number of hydrogen-bond acceptors (Lipinski definition) is 2. The standard InChI is InChI=1S/C15H21N3O2/c1-10-7-11(2)9-18(8-10)14(19)12-3-5-13(6-4-12)17-15(16)20/h3-6,10-11H,7-9H2,1-2H3,(H3,16,17,20)/t10-,11-/m0/s1. The van der Waals surface area contributed by atoms with Crippen molar-refractivity contribution in [2.24, 2.45) is 17.6 Å². The molecule has 5 heteroatoms. The fourth-order valence-corrected chi connectivity index (χ4v) is 2.85. The van der Waals surface area contributed by atoms with Crippen LogP contribution < -0.4 is 11.1 Å². The maximum absolute atomic E-state index is 12.4. The van der Waals surface area contributed by atoms with Gasteiger partial charge in [-0.3, -0.25) is 4.79 Å². The van der Waals surface area contributed by atoms with Gasteiger partial charge in [-0.2, -0.15) is 0 Å². The lowest BCUT2D eigenvalue weighted by molar-refractivity contribution is 0.0623. The van der Waals surface area contributed by atoms with Crippen molar-refractivity contribution in [3.63, 3.8) is 0 Å². The molecular weight excluding hydrogens is 254 g/mol. The molecule has 0 bridgehead atoms. The zero-order valence-corrected chi connectivity index (χ0v) is 11.9. The third kappa shape index (κ3) is 3.50. The Kier molecular flexibility index (Phi) is 4.27. The van der Waals surface area contributed by atoms with E-state index >= 15 is 0 Å². The Balaban J connectivity index is 2.07. The summed E-state index contributed by atoms with van der Waals surface area (Å²) in [6, 6.07) is 6.21. The number of piperidine rings is 1. The number of rotatable bonds is 2. The molecule has 0 aromatic heterocycles. The highest BCUT2D eigenvalue weighted by atomic mass is 16.2. The lowest BCUT2D eigenvalue weighted by Gasteiger charge is -2.35. The second-order valence-electron chi connectivity index (χ2n) is 5.72. The van der Waals surface area contributed by atoms with E-state index in [4.69, 9.17) is 5.73 Å². The van der Waals surface area contributed by atoms with Gasteiger partial charge in [-0.05, 0) is 42.5 Å². The number of urea groups is 1. The molecule has 1 heterocycles. The van der Waals surface area contributed by atoms with Crippen molar-refractivity contribution < 1.29 is 9.59 Å². The fourth-order valence-electron chi connectivity index (χ4n) is 2.85. The maximum atomic E-state index is 12.4. The van der Waals surface area contributed by atoms with E-state index in [1.807, 2.05) is 4.90 Å². The number of benzene rings is 1. The van der Waals surface area contributed by atoms with Gasteiger partial charge in [-0.1, -0.05) is 13.8 Å². The van der Waals surface area contributed by atoms with E-state index in [1.54, 1.807) is 24.3 Å². The Hall–Kier alpha value is -2.04. The first-order chi connectivity index (χ1) is 9.45. The Morgan fingerprint density at radius 3 is 2.20 bits per heavy atom. The quantitative estimate of drug-likeness (QED) is 0.869. The average molecular weight is 275 g/mol. The van der Waals surface area contributed by atoms with Gasteiger partial charge in [0.2, 0.25) is 0 Å². The van der Waals surface area contributed by atoms with Crippen LogP contribution in [0.15, 0.2) is 24.3 Å². The zero-order valence-electron chi connectivity index (χ0n) is 11.9. The van der Waals surface area contributed by atoms with Crippen LogP contribution in [0.2, 0.25) is 0 Å². The first kappa shape index (κ1) is 14.4. The molecule has 0 spiro atoms. The summed E-state index contributed by atoms with van der Waals surface area (Å²) in [6.07, 6.45) is 1.17. The number of carbonyl (C=O) groups is 2. The number of nitrogens with two attached hydrogens (primary N) is 1. The number of nitrogens with zero attached hydrogens (tertiary/aromatic N) is 1. The minimum Gasteiger partial charge on any atom is -0.351 e. The van der Waals surface area contributed by atoms with Crippen LogP contribution >= 0.6 is 0 Å². The van der Waals surface area contributed by atoms with Crippen molar-refractivity contribution in [2.45, 2.75) is 20.3 Å². The maximum Gasteiger partial charge on any atom is 0.316 e. The van der Waals surface area contributed by atoms with E-state index in [0.29, 0.717) is 23.1 Å². The van der Waals surface area contributed by atoms with Crippen molar-refractivity contribution in [2.75, 3.05) is 18.4 Å². The molecule has 3 amide bonds. The SMILES string of the molecule is C[C@H]1C[C@H](C)CN(C(=O)c2ccc(NC(N)=O)cc2)C1. The molecule has 108 valence electrons. The van der Waals surface area contributed by atoms with Crippen molar-refractivity contribution in [3.8, 4) is 0 Å². The highest BCUT2D eigenvalue weighted by molar-refractivity contribution is 5.95. The van der Waals surface area contributed by atoms with Gasteiger partial charge in [0, 0.05) is 24.3 Å². The Morgan fingerprint density at radius 1 is 1.15 bits per heavy atom. The van der Waals surface area contributed by atoms with Crippen LogP contribution in [0.4, 0.5) is 10.5 Å². The largest absolute Gasteiger partial charge is 0.351 e. The van der Waals surface area contributed by atoms with E-state index in [9.17, 15) is 9.59 Å². The molecule has 1 aliphatic heterocycles. The van der Waals surface area contributed by atoms with Gasteiger partial charge >= 0.3 is 6.03 Å². The number of anilines is 1. The average Bonchev–Trinajstić information content (AvgIpc) is 2.37. The minimum absolute atomic E-state index is 0.0500. The van der Waals surface area contributed by atoms with Gasteiger partial charge in [-0.25, -0.2) is 4.79 Å². The van der Waals surface area contributed by atoms with E-state index in [0.717, 1.165) is 13.1 Å². The van der Waals surface area contributed by atoms with Crippen LogP contribution in [0.1, 0.15) is 30.6 Å². The number of nitrogens with one attached hydrogen (secondary N) is 1. The molecule has 1 fully saturated rings. The predicted octanol–water partition coefficient (Wildman–Crippen LogP) is 2.30. The molecule has 0 radical (unpaired) electrons. The van der Waals surface area contributed by atoms with Gasteiger partial charge in [0.1, 0.15) is 0 Å². The number of primary amides is 1. The topological polar surface area (TPSA) is 75.4 Å². The fraction of sp³-hybridized carbons (Fsp3) is 0.467. The smallest absolute Gasteiger partial charge is 0.316 e. The van der Waals surface area contributed by atoms with E-state index in [1.165, 1.54) is 6.42 Å². The van der Waals surface area contributed by atoms with Crippen LogP contribution in [-0.2, 0) is 0 Å². The monoisotopic (exact) mass is 275 g/mol. The molecule has 0 aliphatic carbocycles. The molecular formula is C15H21N3O2. The second kappa shape index (κ2) is 5.94. The van der Waals surface area contributed by atoms with Gasteiger partial charge in [0.15, 0.2) is 0 Å². The molecule has 0 unspecified atom stereocenters. The summed E-state index contributed by atoms with van der Waals surface area (Å²) in [5, 5.41) is 2.48. The molecule has 1 saturated heterocycles. The second-order valence-corrected chi connectivity index (χ2v) is 5.72. The minimum atomic E-state index is -0.609. The molecule has 0 saturated carbocycles. The summed E-state index contributed by atoms with van der Waals surface area (Å²) in [4.78, 5) is 25.1. The van der Waals surface area contributed by atoms with Crippen molar-refractivity contribution in [3.05, 3.63) is 29.8 Å². The normalized spacial score (nSPS) is 22.4. The summed E-state index contributed by atoms with van der Waals surface area (Å²) >= 11 is 0. The van der Waals surface area contributed by atoms with E-state index in [-0.39, 0.29) is 5.91 Å². The molecule has 1 aromatic rings. The van der Waals surface area contributed by atoms with E-state index in [2.05, 4.69) is 19.2 Å². The summed E-state index contributed by atoms with van der Waals surface area (Å²) < 4.78 is 0. The van der Waals surface area contributed by atoms with Crippen LogP contribution in [0.25, 0.3) is 0 Å². The Morgan fingerprint density at radius 2 is 1.70 bits per heavy atom. The van der Waals surface area contributed by atoms with Crippen LogP contribution in [0.3, 0.4) is 0 Å². The van der Waals surface area contributed by atoms with Gasteiger partial charge in [0.25, 0.3) is 5.91 Å². The Labute approximate surface area is 119 Å². The molecule has 1 aliphatic rings. The van der Waals surface area contributed by atoms with Gasteiger partial charge in [0.05, 0.1) is 0 Å². The summed E-state index contributed by atoms with van der Waals surface area (Å²) in [6.45, 7) is 5.97. The number of carbonyl (C=O) groups excluding carboxylic acids is 2. The first-order valence-electron chi connectivity index (χ1n) is 6.91. The van der Waals surface area contributed by atoms with Crippen molar-refractivity contribution in [1.29, 1.82) is 0 Å². The third-order valence-electron chi connectivity index (χ3n) is 3.56. The highest BCUT2D eigenvalue weighted by Gasteiger charge is 2.25. The van der Waals surface area contributed by atoms with Gasteiger partial charge < -0.3 is 16.0 Å². The summed E-state index contributed by atoms with van der Waals surface area (Å²) in [5.74, 6) is 1.13. The van der Waals surface area contributed by atoms with Gasteiger partial charge in [-0.15, -0.1) is 0 Å². The lowest BCUT2D eigenvalue weighted by atomic mass is 9.91. The van der Waals surface area contributed by atoms with Crippen LogP contribution in [0, 0.1) is 11.8 Å². The van der Waals surface area contributed by atoms with E-state index < -0.39 is 6.03 Å². The van der Waals surface area contributed by atoms with Crippen molar-refractivity contribution >= 4 is 17.6 Å². The molecule has 3 N–H and O–H groups in total. The van der Waals surface area contributed by atoms with Crippen molar-refractivity contribution in [1.82, 2.24) is 4.90 Å². The third-order valence-corrected chi connectivity index (χ3v) is 3.56. The highest BCUT2D eigenvalue weighted by Crippen LogP contribution is 2.22. The number of hydrogen-bond donors (Lipinski definition) is 2. The number of amides is 3. The summed E-state index contributed by atoms with van der Waals surface area (Å²) in [7, 11) is 0. The van der Waals surface area contributed by atoms with Crippen LogP contribution in [-0.4, -0.2) is 29.9 Å². The molecule has 2 rings (SSSR count). The molecule has 5 nitrogen and oxygen atoms in total. The lowest BCUT2D eigenvalue weighted by Crippen LogP contribution is -2.42. The number of likely N-dealkylation sites (tertiary alicyclic amines) is 1. The first-order valence-corrected chi connectivity index (χ1v) is 6.91. The molecule has 20 heavy (non-hydrogen) atoms. The Bertz CT molecular complexity index is 488. The predicted molar refractivity (Wildman–Crippen MR) is 78.5 cm³/mol. The molecule has 1 aromatic carbocycles. The van der Waals surface area contributed by atoms with Crippen LogP contribution in [0.5, 0.6) is 0 Å². The summed E-state index contributed by atoms with van der Waals surface area (Å²) in [5.41, 5.74) is 6.28.